The van der Waals surface area contributed by atoms with Gasteiger partial charge in [0, 0.05) is 0 Å². The molecule has 3 aliphatic heterocycles. The molecule has 1 spiro atoms. The molecule has 3 heterocycles. The quantitative estimate of drug-likeness (QED) is 0.614. The zero-order valence-electron chi connectivity index (χ0n) is 7.73. The number of ether oxygens (including phenoxy) is 2. The molecule has 14 heavy (non-hydrogen) atoms. The van der Waals surface area contributed by atoms with Crippen molar-refractivity contribution < 1.29 is 14.3 Å². The summed E-state index contributed by atoms with van der Waals surface area (Å²) in [6.07, 6.45) is 3.29. The fraction of sp³-hybridized carbons (Fsp3) is 0.778. The predicted octanol–water partition coefficient (Wildman–Crippen LogP) is 0.574. The number of amides is 1. The van der Waals surface area contributed by atoms with Crippen molar-refractivity contribution in [1.29, 1.82) is 0 Å². The molecule has 0 aromatic carbocycles. The number of carbonyl (C=O) groups is 1. The van der Waals surface area contributed by atoms with Crippen LogP contribution in [0, 0.1) is 0 Å². The summed E-state index contributed by atoms with van der Waals surface area (Å²) in [7, 11) is 0. The van der Waals surface area contributed by atoms with Gasteiger partial charge in [0.1, 0.15) is 6.10 Å². The Balaban J connectivity index is 1.97. The van der Waals surface area contributed by atoms with Crippen molar-refractivity contribution in [3.8, 4) is 0 Å². The van der Waals surface area contributed by atoms with Crippen LogP contribution in [0.3, 0.4) is 0 Å². The first-order valence-corrected chi connectivity index (χ1v) is 4.94. The third kappa shape index (κ3) is 0.877. The summed E-state index contributed by atoms with van der Waals surface area (Å²) in [6, 6.07) is 0. The first-order valence-electron chi connectivity index (χ1n) is 4.94. The van der Waals surface area contributed by atoms with E-state index in [0.717, 1.165) is 25.7 Å². The lowest BCUT2D eigenvalue weighted by atomic mass is 9.89. The largest absolute Gasteiger partial charge is 0.436 e. The summed E-state index contributed by atoms with van der Waals surface area (Å²) >= 11 is 0. The molecule has 5 heteroatoms. The van der Waals surface area contributed by atoms with E-state index in [9.17, 15) is 4.79 Å². The van der Waals surface area contributed by atoms with E-state index in [4.69, 9.17) is 15.2 Å². The highest BCUT2D eigenvalue weighted by Gasteiger charge is 2.56. The topological polar surface area (TPSA) is 73.9 Å². The van der Waals surface area contributed by atoms with Crippen molar-refractivity contribution in [1.82, 2.24) is 0 Å². The van der Waals surface area contributed by atoms with Gasteiger partial charge in [-0.05, 0) is 25.7 Å². The number of hydrogen-bond acceptors (Lipinski definition) is 4. The second-order valence-electron chi connectivity index (χ2n) is 4.12. The monoisotopic (exact) mass is 196 g/mol. The summed E-state index contributed by atoms with van der Waals surface area (Å²) in [5, 5.41) is 0. The normalized spacial score (nSPS) is 45.4. The van der Waals surface area contributed by atoms with Crippen LogP contribution in [0.2, 0.25) is 0 Å². The minimum absolute atomic E-state index is 0.0727. The van der Waals surface area contributed by atoms with Crippen LogP contribution in [-0.2, 0) is 9.47 Å². The molecule has 3 atom stereocenters. The highest BCUT2D eigenvalue weighted by Crippen LogP contribution is 2.43. The first kappa shape index (κ1) is 8.23. The Morgan fingerprint density at radius 2 is 2.29 bits per heavy atom. The number of hydrogen-bond donors (Lipinski definition) is 1. The number of amidine groups is 1. The van der Waals surface area contributed by atoms with Crippen LogP contribution in [-0.4, -0.2) is 29.7 Å². The molecule has 2 N–H and O–H groups in total. The molecule has 5 nitrogen and oxygen atoms in total. The molecule has 0 saturated carbocycles. The lowest BCUT2D eigenvalue weighted by Crippen LogP contribution is -2.54. The average molecular weight is 196 g/mol. The summed E-state index contributed by atoms with van der Waals surface area (Å²) in [6.45, 7) is 0. The van der Waals surface area contributed by atoms with Gasteiger partial charge in [-0.2, -0.15) is 4.99 Å². The maximum absolute atomic E-state index is 11.1. The van der Waals surface area contributed by atoms with Gasteiger partial charge in [-0.15, -0.1) is 0 Å². The van der Waals surface area contributed by atoms with E-state index in [0.29, 0.717) is 11.9 Å². The van der Waals surface area contributed by atoms with E-state index in [1.165, 1.54) is 0 Å². The second kappa shape index (κ2) is 2.48. The minimum Gasteiger partial charge on any atom is -0.430 e. The van der Waals surface area contributed by atoms with Crippen LogP contribution in [0.25, 0.3) is 0 Å². The number of carbonyl (C=O) groups excluding carboxylic acids is 1. The lowest BCUT2D eigenvalue weighted by Gasteiger charge is -2.36. The van der Waals surface area contributed by atoms with E-state index in [-0.39, 0.29) is 6.10 Å². The second-order valence-corrected chi connectivity index (χ2v) is 4.12. The average Bonchev–Trinajstić information content (AvgIpc) is 2.65. The highest BCUT2D eigenvalue weighted by molar-refractivity contribution is 6.02. The smallest absolute Gasteiger partial charge is 0.430 e. The molecule has 2 saturated heterocycles. The van der Waals surface area contributed by atoms with Crippen LogP contribution in [0.1, 0.15) is 25.7 Å². The Kier molecular flexibility index (Phi) is 1.45. The first-order chi connectivity index (χ1) is 6.71. The maximum Gasteiger partial charge on any atom is 0.436 e. The van der Waals surface area contributed by atoms with E-state index >= 15 is 0 Å². The zero-order chi connectivity index (χ0) is 9.76. The number of nitrogens with zero attached hydrogens (tertiary/aromatic N) is 1. The molecular formula is C9H12N2O3. The van der Waals surface area contributed by atoms with Crippen molar-refractivity contribution >= 4 is 11.9 Å². The van der Waals surface area contributed by atoms with Crippen molar-refractivity contribution in [2.75, 3.05) is 0 Å². The molecule has 3 unspecified atom stereocenters. The molecule has 76 valence electrons. The third-order valence-electron chi connectivity index (χ3n) is 3.38. The van der Waals surface area contributed by atoms with Gasteiger partial charge in [0.15, 0.2) is 11.4 Å². The summed E-state index contributed by atoms with van der Waals surface area (Å²) in [5.74, 6) is 0.299. The van der Waals surface area contributed by atoms with Gasteiger partial charge >= 0.3 is 6.09 Å². The number of fused-ring (bicyclic) bond motifs is 3. The minimum atomic E-state index is -0.732. The predicted molar refractivity (Wildman–Crippen MR) is 48.0 cm³/mol. The van der Waals surface area contributed by atoms with E-state index in [1.807, 2.05) is 0 Å². The van der Waals surface area contributed by atoms with Gasteiger partial charge in [0.2, 0.25) is 0 Å². The summed E-state index contributed by atoms with van der Waals surface area (Å²) in [4.78, 5) is 14.7. The van der Waals surface area contributed by atoms with Crippen molar-refractivity contribution in [3.63, 3.8) is 0 Å². The Morgan fingerprint density at radius 1 is 1.43 bits per heavy atom. The van der Waals surface area contributed by atoms with Crippen LogP contribution in [0.5, 0.6) is 0 Å². The van der Waals surface area contributed by atoms with Crippen molar-refractivity contribution in [3.05, 3.63) is 0 Å². The molecule has 0 radical (unpaired) electrons. The van der Waals surface area contributed by atoms with Crippen molar-refractivity contribution in [2.45, 2.75) is 43.5 Å². The molecule has 0 aromatic heterocycles. The van der Waals surface area contributed by atoms with Crippen LogP contribution in [0.15, 0.2) is 4.99 Å². The van der Waals surface area contributed by atoms with Gasteiger partial charge in [-0.1, -0.05) is 0 Å². The molecule has 3 rings (SSSR count). The zero-order valence-corrected chi connectivity index (χ0v) is 7.73. The standard InChI is InChI=1S/C9H12N2O3/c10-7-9(14-8(12)11-7)4-3-5-1-2-6(9)13-5/h5-6H,1-4H2,(H2,10,11,12). The van der Waals surface area contributed by atoms with Gasteiger partial charge in [-0.3, -0.25) is 0 Å². The summed E-state index contributed by atoms with van der Waals surface area (Å²) < 4.78 is 11.0. The molecular weight excluding hydrogens is 184 g/mol. The number of rotatable bonds is 0. The molecule has 0 aromatic rings. The van der Waals surface area contributed by atoms with Gasteiger partial charge in [0.25, 0.3) is 0 Å². The molecule has 2 fully saturated rings. The number of nitrogens with two attached hydrogens (primary N) is 1. The molecule has 1 amide bonds. The Morgan fingerprint density at radius 3 is 3.00 bits per heavy atom. The van der Waals surface area contributed by atoms with E-state index in [1.54, 1.807) is 0 Å². The Labute approximate surface area is 81.3 Å². The fourth-order valence-electron chi connectivity index (χ4n) is 2.63. The van der Waals surface area contributed by atoms with Crippen LogP contribution < -0.4 is 5.73 Å². The SMILES string of the molecule is NC1=NC(=O)OC12CCC1CCC2O1. The fourth-order valence-corrected chi connectivity index (χ4v) is 2.63. The number of aliphatic imine (C=N–C) groups is 1. The van der Waals surface area contributed by atoms with Gasteiger partial charge in [0.05, 0.1) is 6.10 Å². The van der Waals surface area contributed by atoms with E-state index in [2.05, 4.69) is 4.99 Å². The van der Waals surface area contributed by atoms with Crippen LogP contribution in [0.4, 0.5) is 4.79 Å². The molecule has 2 bridgehead atoms. The summed E-state index contributed by atoms with van der Waals surface area (Å²) in [5.41, 5.74) is 5.01. The van der Waals surface area contributed by atoms with Gasteiger partial charge in [-0.25, -0.2) is 4.79 Å². The lowest BCUT2D eigenvalue weighted by molar-refractivity contribution is -0.102. The highest BCUT2D eigenvalue weighted by atomic mass is 16.6. The third-order valence-corrected chi connectivity index (χ3v) is 3.38. The molecule has 3 aliphatic rings. The van der Waals surface area contributed by atoms with E-state index < -0.39 is 11.7 Å². The maximum atomic E-state index is 11.1. The van der Waals surface area contributed by atoms with Crippen LogP contribution >= 0.6 is 0 Å². The van der Waals surface area contributed by atoms with Crippen molar-refractivity contribution in [2.24, 2.45) is 10.7 Å². The Hall–Kier alpha value is -1.10. The van der Waals surface area contributed by atoms with Gasteiger partial charge < -0.3 is 15.2 Å². The molecule has 0 aliphatic carbocycles. The Bertz CT molecular complexity index is 328.